The second kappa shape index (κ2) is 8.44. The summed E-state index contributed by atoms with van der Waals surface area (Å²) in [5, 5.41) is 2.77. The van der Waals surface area contributed by atoms with Crippen LogP contribution in [-0.4, -0.2) is 42.0 Å². The molecule has 130 valence electrons. The lowest BCUT2D eigenvalue weighted by molar-refractivity contribution is 0.137. The summed E-state index contributed by atoms with van der Waals surface area (Å²) in [5.41, 5.74) is 2.14. The minimum Gasteiger partial charge on any atom is -0.322 e. The molecular formula is C20H22FN3O. The minimum absolute atomic E-state index is 0.0993. The van der Waals surface area contributed by atoms with Crippen molar-refractivity contribution in [2.24, 2.45) is 0 Å². The molecule has 1 heterocycles. The molecule has 1 N–H and O–H groups in total. The molecular weight excluding hydrogens is 317 g/mol. The Labute approximate surface area is 147 Å². The van der Waals surface area contributed by atoms with Crippen molar-refractivity contribution in [3.8, 4) is 0 Å². The molecule has 0 radical (unpaired) electrons. The summed E-state index contributed by atoms with van der Waals surface area (Å²) in [5.74, 6) is -0.269. The topological polar surface area (TPSA) is 35.6 Å². The van der Waals surface area contributed by atoms with Crippen LogP contribution < -0.4 is 5.32 Å². The number of halogens is 1. The van der Waals surface area contributed by atoms with E-state index < -0.39 is 0 Å². The van der Waals surface area contributed by atoms with Crippen LogP contribution in [0.15, 0.2) is 60.8 Å². The Hall–Kier alpha value is -2.66. The number of urea groups is 1. The van der Waals surface area contributed by atoms with Crippen LogP contribution >= 0.6 is 0 Å². The summed E-state index contributed by atoms with van der Waals surface area (Å²) in [6, 6.07) is 16.4. The molecule has 0 atom stereocenters. The number of benzene rings is 2. The highest BCUT2D eigenvalue weighted by molar-refractivity contribution is 5.76. The van der Waals surface area contributed by atoms with Crippen molar-refractivity contribution < 1.29 is 9.18 Å². The average molecular weight is 339 g/mol. The van der Waals surface area contributed by atoms with Crippen molar-refractivity contribution in [3.63, 3.8) is 0 Å². The maximum atomic E-state index is 12.8. The van der Waals surface area contributed by atoms with Crippen LogP contribution in [-0.2, 0) is 6.54 Å². The Balaban J connectivity index is 1.43. The molecule has 0 aliphatic carbocycles. The molecule has 2 aromatic carbocycles. The first-order chi connectivity index (χ1) is 12.2. The lowest BCUT2D eigenvalue weighted by atomic mass is 10.2. The first-order valence-corrected chi connectivity index (χ1v) is 8.44. The maximum absolute atomic E-state index is 12.8. The average Bonchev–Trinajstić information content (AvgIpc) is 2.65. The second-order valence-electron chi connectivity index (χ2n) is 6.08. The number of nitrogens with one attached hydrogen (secondary N) is 1. The zero-order valence-electron chi connectivity index (χ0n) is 14.1. The normalized spacial score (nSPS) is 15.5. The zero-order valence-corrected chi connectivity index (χ0v) is 14.1. The highest BCUT2D eigenvalue weighted by Gasteiger charge is 2.20. The number of rotatable bonds is 4. The van der Waals surface area contributed by atoms with Gasteiger partial charge in [-0.05, 0) is 29.3 Å². The van der Waals surface area contributed by atoms with Gasteiger partial charge in [-0.15, -0.1) is 0 Å². The Morgan fingerprint density at radius 3 is 2.36 bits per heavy atom. The van der Waals surface area contributed by atoms with Crippen molar-refractivity contribution in [3.05, 3.63) is 77.7 Å². The second-order valence-corrected chi connectivity index (χ2v) is 6.08. The molecule has 2 aromatic rings. The van der Waals surface area contributed by atoms with Crippen molar-refractivity contribution in [2.75, 3.05) is 26.2 Å². The summed E-state index contributed by atoms with van der Waals surface area (Å²) in [6.07, 6.45) is 3.36. The van der Waals surface area contributed by atoms with Crippen LogP contribution in [0.5, 0.6) is 0 Å². The van der Waals surface area contributed by atoms with Gasteiger partial charge in [-0.2, -0.15) is 0 Å². The van der Waals surface area contributed by atoms with Gasteiger partial charge in [-0.1, -0.05) is 42.5 Å². The van der Waals surface area contributed by atoms with Gasteiger partial charge >= 0.3 is 6.03 Å². The van der Waals surface area contributed by atoms with Gasteiger partial charge in [0.1, 0.15) is 5.82 Å². The van der Waals surface area contributed by atoms with Gasteiger partial charge in [0.15, 0.2) is 0 Å². The SMILES string of the molecule is O=C(N/C=C/c1ccc(F)cc1)N1CCN(Cc2ccccc2)CC1. The molecule has 0 spiro atoms. The van der Waals surface area contributed by atoms with Crippen LogP contribution in [0.3, 0.4) is 0 Å². The Kier molecular flexibility index (Phi) is 5.80. The van der Waals surface area contributed by atoms with E-state index in [1.807, 2.05) is 23.1 Å². The highest BCUT2D eigenvalue weighted by Crippen LogP contribution is 2.09. The Morgan fingerprint density at radius 1 is 1.00 bits per heavy atom. The van der Waals surface area contributed by atoms with Crippen molar-refractivity contribution in [2.45, 2.75) is 6.54 Å². The fraction of sp³-hybridized carbons (Fsp3) is 0.250. The molecule has 1 saturated heterocycles. The van der Waals surface area contributed by atoms with E-state index in [-0.39, 0.29) is 11.8 Å². The predicted octanol–water partition coefficient (Wildman–Crippen LogP) is 3.32. The largest absolute Gasteiger partial charge is 0.322 e. The summed E-state index contributed by atoms with van der Waals surface area (Å²) in [6.45, 7) is 4.07. The first kappa shape index (κ1) is 17.2. The number of nitrogens with zero attached hydrogens (tertiary/aromatic N) is 2. The van der Waals surface area contributed by atoms with Gasteiger partial charge in [0.2, 0.25) is 0 Å². The summed E-state index contributed by atoms with van der Waals surface area (Å²) in [4.78, 5) is 16.4. The third-order valence-electron chi connectivity index (χ3n) is 4.26. The highest BCUT2D eigenvalue weighted by atomic mass is 19.1. The lowest BCUT2D eigenvalue weighted by Crippen LogP contribution is -2.50. The van der Waals surface area contributed by atoms with E-state index in [1.165, 1.54) is 17.7 Å². The maximum Gasteiger partial charge on any atom is 0.321 e. The van der Waals surface area contributed by atoms with E-state index in [9.17, 15) is 9.18 Å². The predicted molar refractivity (Wildman–Crippen MR) is 97.3 cm³/mol. The molecule has 1 aliphatic rings. The third kappa shape index (κ3) is 5.16. The van der Waals surface area contributed by atoms with E-state index >= 15 is 0 Å². The van der Waals surface area contributed by atoms with Crippen molar-refractivity contribution >= 4 is 12.1 Å². The zero-order chi connectivity index (χ0) is 17.5. The third-order valence-corrected chi connectivity index (χ3v) is 4.26. The van der Waals surface area contributed by atoms with E-state index in [4.69, 9.17) is 0 Å². The Morgan fingerprint density at radius 2 is 1.68 bits per heavy atom. The summed E-state index contributed by atoms with van der Waals surface area (Å²) >= 11 is 0. The van der Waals surface area contributed by atoms with Crippen LogP contribution in [0.4, 0.5) is 9.18 Å². The smallest absolute Gasteiger partial charge is 0.321 e. The van der Waals surface area contributed by atoms with Crippen LogP contribution in [0.2, 0.25) is 0 Å². The van der Waals surface area contributed by atoms with Gasteiger partial charge in [-0.25, -0.2) is 9.18 Å². The van der Waals surface area contributed by atoms with E-state index in [0.29, 0.717) is 13.1 Å². The molecule has 5 heteroatoms. The number of piperazine rings is 1. The van der Waals surface area contributed by atoms with Crippen LogP contribution in [0, 0.1) is 5.82 Å². The van der Waals surface area contributed by atoms with Gasteiger partial charge in [0.25, 0.3) is 0 Å². The number of hydrogen-bond donors (Lipinski definition) is 1. The van der Waals surface area contributed by atoms with Gasteiger partial charge < -0.3 is 10.2 Å². The van der Waals surface area contributed by atoms with E-state index in [1.54, 1.807) is 24.4 Å². The molecule has 4 nitrogen and oxygen atoms in total. The fourth-order valence-electron chi connectivity index (χ4n) is 2.83. The standard InChI is InChI=1S/C20H22FN3O/c21-19-8-6-17(7-9-19)10-11-22-20(25)24-14-12-23(13-15-24)16-18-4-2-1-3-5-18/h1-11H,12-16H2,(H,22,25)/b11-10+. The molecule has 1 aliphatic heterocycles. The van der Waals surface area contributed by atoms with Crippen molar-refractivity contribution in [1.29, 1.82) is 0 Å². The van der Waals surface area contributed by atoms with Crippen LogP contribution in [0.25, 0.3) is 6.08 Å². The monoisotopic (exact) mass is 339 g/mol. The van der Waals surface area contributed by atoms with Crippen molar-refractivity contribution in [1.82, 2.24) is 15.1 Å². The molecule has 0 saturated carbocycles. The molecule has 0 aromatic heterocycles. The molecule has 3 rings (SSSR count). The fourth-order valence-corrected chi connectivity index (χ4v) is 2.83. The quantitative estimate of drug-likeness (QED) is 0.927. The Bertz CT molecular complexity index is 707. The molecule has 2 amide bonds. The van der Waals surface area contributed by atoms with Gasteiger partial charge in [-0.3, -0.25) is 4.90 Å². The van der Waals surface area contributed by atoms with E-state index in [2.05, 4.69) is 22.3 Å². The minimum atomic E-state index is -0.269. The molecule has 1 fully saturated rings. The number of amides is 2. The van der Waals surface area contributed by atoms with Crippen LogP contribution in [0.1, 0.15) is 11.1 Å². The number of carbonyl (C=O) groups excluding carboxylic acids is 1. The number of hydrogen-bond acceptors (Lipinski definition) is 2. The molecule has 25 heavy (non-hydrogen) atoms. The molecule has 0 unspecified atom stereocenters. The number of carbonyl (C=O) groups is 1. The summed E-state index contributed by atoms with van der Waals surface area (Å²) in [7, 11) is 0. The van der Waals surface area contributed by atoms with Gasteiger partial charge in [0, 0.05) is 38.9 Å². The molecule has 0 bridgehead atoms. The summed E-state index contributed by atoms with van der Waals surface area (Å²) < 4.78 is 12.8. The van der Waals surface area contributed by atoms with E-state index in [0.717, 1.165) is 25.2 Å². The van der Waals surface area contributed by atoms with Gasteiger partial charge in [0.05, 0.1) is 0 Å². The first-order valence-electron chi connectivity index (χ1n) is 8.44. The lowest BCUT2D eigenvalue weighted by Gasteiger charge is -2.34.